The predicted octanol–water partition coefficient (Wildman–Crippen LogP) is 3.66. The summed E-state index contributed by atoms with van der Waals surface area (Å²) >= 11 is 7.64. The van der Waals surface area contributed by atoms with Gasteiger partial charge in [-0.25, -0.2) is 0 Å². The molecule has 3 atom stereocenters. The predicted molar refractivity (Wildman–Crippen MR) is 75.7 cm³/mol. The second-order valence-electron chi connectivity index (χ2n) is 4.98. The van der Waals surface area contributed by atoms with Crippen molar-refractivity contribution in [3.05, 3.63) is 21.3 Å². The first-order valence-corrected chi connectivity index (χ1v) is 7.60. The molecule has 2 heterocycles. The van der Waals surface area contributed by atoms with E-state index in [-0.39, 0.29) is 0 Å². The standard InChI is InChI=1S/C13H21ClN2S/c1-9-4-3-5-12(7-15)16(9)10(2)11-6-13(14)17-8-11/h6,8-10,12H,3-5,7,15H2,1-2H3. The van der Waals surface area contributed by atoms with E-state index >= 15 is 0 Å². The number of nitrogens with two attached hydrogens (primary N) is 1. The quantitative estimate of drug-likeness (QED) is 0.910. The van der Waals surface area contributed by atoms with Crippen LogP contribution in [0.15, 0.2) is 11.4 Å². The molecule has 0 spiro atoms. The van der Waals surface area contributed by atoms with Gasteiger partial charge in [-0.3, -0.25) is 4.90 Å². The van der Waals surface area contributed by atoms with Gasteiger partial charge in [0, 0.05) is 24.7 Å². The van der Waals surface area contributed by atoms with Crippen LogP contribution in [0.1, 0.15) is 44.7 Å². The molecule has 0 bridgehead atoms. The molecule has 17 heavy (non-hydrogen) atoms. The Kier molecular flexibility index (Phi) is 4.47. The van der Waals surface area contributed by atoms with Crippen LogP contribution >= 0.6 is 22.9 Å². The fourth-order valence-corrected chi connectivity index (χ4v) is 3.94. The van der Waals surface area contributed by atoms with E-state index in [0.29, 0.717) is 18.1 Å². The van der Waals surface area contributed by atoms with E-state index in [4.69, 9.17) is 17.3 Å². The summed E-state index contributed by atoms with van der Waals surface area (Å²) < 4.78 is 0.876. The third-order valence-electron chi connectivity index (χ3n) is 3.88. The number of likely N-dealkylation sites (tertiary alicyclic amines) is 1. The lowest BCUT2D eigenvalue weighted by atomic mass is 9.93. The maximum Gasteiger partial charge on any atom is 0.0931 e. The van der Waals surface area contributed by atoms with E-state index in [1.807, 2.05) is 0 Å². The number of rotatable bonds is 3. The van der Waals surface area contributed by atoms with Gasteiger partial charge in [-0.15, -0.1) is 11.3 Å². The summed E-state index contributed by atoms with van der Waals surface area (Å²) in [4.78, 5) is 2.57. The van der Waals surface area contributed by atoms with Crippen molar-refractivity contribution in [3.8, 4) is 0 Å². The fourth-order valence-electron chi connectivity index (χ4n) is 2.96. The normalized spacial score (nSPS) is 28.2. The average molecular weight is 273 g/mol. The lowest BCUT2D eigenvalue weighted by Crippen LogP contribution is -2.49. The largest absolute Gasteiger partial charge is 0.329 e. The Hall–Kier alpha value is -0.0900. The maximum absolute atomic E-state index is 6.03. The Morgan fingerprint density at radius 1 is 1.59 bits per heavy atom. The van der Waals surface area contributed by atoms with Gasteiger partial charge >= 0.3 is 0 Å². The van der Waals surface area contributed by atoms with Crippen LogP contribution in [-0.4, -0.2) is 23.5 Å². The van der Waals surface area contributed by atoms with Crippen LogP contribution in [0.5, 0.6) is 0 Å². The first-order valence-electron chi connectivity index (χ1n) is 6.35. The van der Waals surface area contributed by atoms with Crippen LogP contribution in [0.25, 0.3) is 0 Å². The average Bonchev–Trinajstić information content (AvgIpc) is 2.74. The summed E-state index contributed by atoms with van der Waals surface area (Å²) in [5.74, 6) is 0. The highest BCUT2D eigenvalue weighted by Crippen LogP contribution is 2.34. The highest BCUT2D eigenvalue weighted by atomic mass is 35.5. The van der Waals surface area contributed by atoms with Crippen molar-refractivity contribution in [2.75, 3.05) is 6.54 Å². The highest BCUT2D eigenvalue weighted by molar-refractivity contribution is 7.14. The summed E-state index contributed by atoms with van der Waals surface area (Å²) in [7, 11) is 0. The number of nitrogens with zero attached hydrogens (tertiary/aromatic N) is 1. The lowest BCUT2D eigenvalue weighted by Gasteiger charge is -2.44. The van der Waals surface area contributed by atoms with Gasteiger partial charge in [0.05, 0.1) is 4.34 Å². The number of halogens is 1. The molecule has 1 aromatic rings. The van der Waals surface area contributed by atoms with Crippen molar-refractivity contribution >= 4 is 22.9 Å². The third-order valence-corrected chi connectivity index (χ3v) is 4.99. The van der Waals surface area contributed by atoms with Gasteiger partial charge in [0.2, 0.25) is 0 Å². The fraction of sp³-hybridized carbons (Fsp3) is 0.692. The Morgan fingerprint density at radius 2 is 2.35 bits per heavy atom. The van der Waals surface area contributed by atoms with E-state index < -0.39 is 0 Å². The van der Waals surface area contributed by atoms with Gasteiger partial charge in [-0.05, 0) is 43.7 Å². The maximum atomic E-state index is 6.03. The molecule has 96 valence electrons. The van der Waals surface area contributed by atoms with Gasteiger partial charge in [0.15, 0.2) is 0 Å². The molecule has 2 nitrogen and oxygen atoms in total. The molecular weight excluding hydrogens is 252 g/mol. The third kappa shape index (κ3) is 2.84. The molecule has 0 aliphatic carbocycles. The second kappa shape index (κ2) is 5.70. The SMILES string of the molecule is CC1CCCC(CN)N1C(C)c1csc(Cl)c1. The van der Waals surface area contributed by atoms with Crippen molar-refractivity contribution in [1.29, 1.82) is 0 Å². The Bertz CT molecular complexity index is 366. The molecule has 1 aliphatic heterocycles. The minimum atomic E-state index is 0.419. The number of thiophene rings is 1. The highest BCUT2D eigenvalue weighted by Gasteiger charge is 2.31. The number of hydrogen-bond acceptors (Lipinski definition) is 3. The molecule has 0 aromatic carbocycles. The first kappa shape index (κ1) is 13.3. The van der Waals surface area contributed by atoms with Gasteiger partial charge in [-0.2, -0.15) is 0 Å². The minimum absolute atomic E-state index is 0.419. The summed E-state index contributed by atoms with van der Waals surface area (Å²) in [5.41, 5.74) is 7.24. The zero-order valence-corrected chi connectivity index (χ0v) is 12.1. The van der Waals surface area contributed by atoms with Crippen LogP contribution in [0, 0.1) is 0 Å². The monoisotopic (exact) mass is 272 g/mol. The second-order valence-corrected chi connectivity index (χ2v) is 6.52. The molecule has 2 rings (SSSR count). The number of hydrogen-bond donors (Lipinski definition) is 1. The first-order chi connectivity index (χ1) is 8.13. The lowest BCUT2D eigenvalue weighted by molar-refractivity contribution is 0.0572. The van der Waals surface area contributed by atoms with E-state index in [1.165, 1.54) is 24.8 Å². The molecule has 1 aromatic heterocycles. The van der Waals surface area contributed by atoms with Gasteiger partial charge < -0.3 is 5.73 Å². The molecule has 1 saturated heterocycles. The molecule has 4 heteroatoms. The molecular formula is C13H21ClN2S. The molecule has 0 saturated carbocycles. The van der Waals surface area contributed by atoms with Crippen molar-refractivity contribution in [2.24, 2.45) is 5.73 Å². The van der Waals surface area contributed by atoms with Gasteiger partial charge in [0.25, 0.3) is 0 Å². The molecule has 2 N–H and O–H groups in total. The van der Waals surface area contributed by atoms with Crippen LogP contribution in [0.3, 0.4) is 0 Å². The van der Waals surface area contributed by atoms with Crippen LogP contribution in [-0.2, 0) is 0 Å². The Morgan fingerprint density at radius 3 is 2.94 bits per heavy atom. The van der Waals surface area contributed by atoms with E-state index in [2.05, 4.69) is 30.2 Å². The summed E-state index contributed by atoms with van der Waals surface area (Å²) in [6.45, 7) is 5.34. The summed E-state index contributed by atoms with van der Waals surface area (Å²) in [5, 5.41) is 2.17. The van der Waals surface area contributed by atoms with Crippen molar-refractivity contribution in [1.82, 2.24) is 4.90 Å². The molecule has 0 amide bonds. The van der Waals surface area contributed by atoms with Gasteiger partial charge in [-0.1, -0.05) is 18.0 Å². The zero-order chi connectivity index (χ0) is 12.4. The molecule has 0 radical (unpaired) electrons. The molecule has 3 unspecified atom stereocenters. The minimum Gasteiger partial charge on any atom is -0.329 e. The smallest absolute Gasteiger partial charge is 0.0931 e. The van der Waals surface area contributed by atoms with E-state index in [9.17, 15) is 0 Å². The Balaban J connectivity index is 2.17. The van der Waals surface area contributed by atoms with Crippen molar-refractivity contribution < 1.29 is 0 Å². The van der Waals surface area contributed by atoms with Crippen molar-refractivity contribution in [3.63, 3.8) is 0 Å². The topological polar surface area (TPSA) is 29.3 Å². The van der Waals surface area contributed by atoms with Crippen molar-refractivity contribution in [2.45, 2.75) is 51.2 Å². The Labute approximate surface area is 113 Å². The summed E-state index contributed by atoms with van der Waals surface area (Å²) in [6, 6.07) is 3.65. The van der Waals surface area contributed by atoms with Crippen LogP contribution < -0.4 is 5.73 Å². The molecule has 1 fully saturated rings. The molecule has 1 aliphatic rings. The van der Waals surface area contributed by atoms with Gasteiger partial charge in [0.1, 0.15) is 0 Å². The van der Waals surface area contributed by atoms with Crippen LogP contribution in [0.2, 0.25) is 4.34 Å². The number of piperidine rings is 1. The summed E-state index contributed by atoms with van der Waals surface area (Å²) in [6.07, 6.45) is 3.80. The zero-order valence-electron chi connectivity index (χ0n) is 10.5. The van der Waals surface area contributed by atoms with E-state index in [1.54, 1.807) is 11.3 Å². The van der Waals surface area contributed by atoms with E-state index in [0.717, 1.165) is 10.9 Å². The van der Waals surface area contributed by atoms with Crippen LogP contribution in [0.4, 0.5) is 0 Å².